The zero-order valence-electron chi connectivity index (χ0n) is 9.15. The van der Waals surface area contributed by atoms with Crippen LogP contribution in [0.15, 0.2) is 0 Å². The summed E-state index contributed by atoms with van der Waals surface area (Å²) in [7, 11) is -0.194. The summed E-state index contributed by atoms with van der Waals surface area (Å²) >= 11 is 0. The van der Waals surface area contributed by atoms with Crippen LogP contribution in [0.2, 0.25) is 16.1 Å². The van der Waals surface area contributed by atoms with Crippen LogP contribution in [0.1, 0.15) is 48.5 Å². The molecule has 1 heteroatoms. The van der Waals surface area contributed by atoms with Gasteiger partial charge in [0.1, 0.15) is 0 Å². The molecular formula is C10H23Si. The lowest BCUT2D eigenvalue weighted by Crippen LogP contribution is -2.31. The van der Waals surface area contributed by atoms with Crippen LogP contribution in [-0.2, 0) is 0 Å². The molecule has 0 rings (SSSR count). The third-order valence-electron chi connectivity index (χ3n) is 2.11. The highest BCUT2D eigenvalue weighted by Gasteiger charge is 2.31. The molecule has 0 N–H and O–H groups in total. The summed E-state index contributed by atoms with van der Waals surface area (Å²) in [6.45, 7) is 16.7. The predicted octanol–water partition coefficient (Wildman–Crippen LogP) is 4.10. The van der Waals surface area contributed by atoms with Gasteiger partial charge in [-0.2, -0.15) is 0 Å². The largest absolute Gasteiger partial charge is 0.0653 e. The number of rotatable bonds is 2. The second-order valence-electron chi connectivity index (χ2n) is 5.01. The summed E-state index contributed by atoms with van der Waals surface area (Å²) in [6, 6.07) is 0. The Kier molecular flexibility index (Phi) is 3.82. The minimum Gasteiger partial charge on any atom is -0.0653 e. The standard InChI is InChI=1S/C10H23Si/c1-8(2)11(9(3)4)10(5,6)7/h8-9H,1-7H3. The van der Waals surface area contributed by atoms with E-state index in [2.05, 4.69) is 48.5 Å². The van der Waals surface area contributed by atoms with Gasteiger partial charge in [0.2, 0.25) is 0 Å². The minimum atomic E-state index is -0.194. The Hall–Kier alpha value is 0.217. The first-order valence-corrected chi connectivity index (χ1v) is 6.29. The van der Waals surface area contributed by atoms with Crippen molar-refractivity contribution in [2.24, 2.45) is 0 Å². The van der Waals surface area contributed by atoms with Gasteiger partial charge in [0, 0.05) is 0 Å². The van der Waals surface area contributed by atoms with Crippen molar-refractivity contribution >= 4 is 8.80 Å². The van der Waals surface area contributed by atoms with Gasteiger partial charge in [-0.15, -0.1) is 0 Å². The van der Waals surface area contributed by atoms with Crippen molar-refractivity contribution in [2.75, 3.05) is 0 Å². The van der Waals surface area contributed by atoms with Crippen molar-refractivity contribution in [3.05, 3.63) is 0 Å². The smallest absolute Gasteiger partial charge is 0.0592 e. The zero-order chi connectivity index (χ0) is 9.23. The molecule has 0 fully saturated rings. The zero-order valence-corrected chi connectivity index (χ0v) is 10.2. The summed E-state index contributed by atoms with van der Waals surface area (Å²) < 4.78 is 0. The van der Waals surface area contributed by atoms with Gasteiger partial charge >= 0.3 is 0 Å². The molecule has 0 bridgehead atoms. The molecule has 0 saturated heterocycles. The maximum Gasteiger partial charge on any atom is 0.0592 e. The van der Waals surface area contributed by atoms with Gasteiger partial charge in [-0.25, -0.2) is 0 Å². The van der Waals surface area contributed by atoms with Gasteiger partial charge in [-0.1, -0.05) is 59.5 Å². The van der Waals surface area contributed by atoms with E-state index in [1.54, 1.807) is 0 Å². The maximum absolute atomic E-state index is 2.39. The fraction of sp³-hybridized carbons (Fsp3) is 1.00. The normalized spacial score (nSPS) is 13.6. The van der Waals surface area contributed by atoms with Crippen LogP contribution in [0, 0.1) is 0 Å². The molecule has 11 heavy (non-hydrogen) atoms. The van der Waals surface area contributed by atoms with Gasteiger partial charge in [0.25, 0.3) is 0 Å². The Bertz CT molecular complexity index is 101. The number of hydrogen-bond acceptors (Lipinski definition) is 0. The van der Waals surface area contributed by atoms with Crippen LogP contribution in [0.5, 0.6) is 0 Å². The molecule has 0 aromatic heterocycles. The van der Waals surface area contributed by atoms with Crippen LogP contribution >= 0.6 is 0 Å². The molecular weight excluding hydrogens is 148 g/mol. The van der Waals surface area contributed by atoms with Gasteiger partial charge in [-0.05, 0) is 5.04 Å². The summed E-state index contributed by atoms with van der Waals surface area (Å²) in [6.07, 6.45) is 0. The molecule has 0 aliphatic heterocycles. The second-order valence-corrected chi connectivity index (χ2v) is 9.73. The SMILES string of the molecule is CC(C)[Si](C(C)C)C(C)(C)C. The Labute approximate surface area is 74.0 Å². The molecule has 0 atom stereocenters. The van der Waals surface area contributed by atoms with Crippen LogP contribution in [0.4, 0.5) is 0 Å². The van der Waals surface area contributed by atoms with Crippen molar-refractivity contribution < 1.29 is 0 Å². The molecule has 0 aromatic carbocycles. The van der Waals surface area contributed by atoms with E-state index < -0.39 is 0 Å². The summed E-state index contributed by atoms with van der Waals surface area (Å²) in [5, 5.41) is 0.562. The topological polar surface area (TPSA) is 0 Å². The molecule has 0 spiro atoms. The predicted molar refractivity (Wildman–Crippen MR) is 55.7 cm³/mol. The molecule has 0 nitrogen and oxygen atoms in total. The highest BCUT2D eigenvalue weighted by atomic mass is 28.3. The van der Waals surface area contributed by atoms with E-state index in [-0.39, 0.29) is 8.80 Å². The fourth-order valence-corrected chi connectivity index (χ4v) is 7.20. The lowest BCUT2D eigenvalue weighted by atomic mass is 10.2. The quantitative estimate of drug-likeness (QED) is 0.549. The Balaban J connectivity index is 4.35. The van der Waals surface area contributed by atoms with E-state index in [0.717, 1.165) is 11.1 Å². The van der Waals surface area contributed by atoms with Crippen molar-refractivity contribution in [1.82, 2.24) is 0 Å². The summed E-state index contributed by atoms with van der Waals surface area (Å²) in [4.78, 5) is 0. The van der Waals surface area contributed by atoms with Crippen LogP contribution in [0.25, 0.3) is 0 Å². The van der Waals surface area contributed by atoms with E-state index in [4.69, 9.17) is 0 Å². The Morgan fingerprint density at radius 1 is 0.818 bits per heavy atom. The first kappa shape index (κ1) is 11.2. The third-order valence-corrected chi connectivity index (χ3v) is 6.33. The Morgan fingerprint density at radius 3 is 1.09 bits per heavy atom. The molecule has 0 aromatic rings. The van der Waals surface area contributed by atoms with Gasteiger partial charge in [0.15, 0.2) is 0 Å². The van der Waals surface area contributed by atoms with Gasteiger partial charge < -0.3 is 0 Å². The van der Waals surface area contributed by atoms with Crippen molar-refractivity contribution in [1.29, 1.82) is 0 Å². The van der Waals surface area contributed by atoms with Crippen LogP contribution in [-0.4, -0.2) is 8.80 Å². The highest BCUT2D eigenvalue weighted by molar-refractivity contribution is 6.64. The van der Waals surface area contributed by atoms with E-state index in [0.29, 0.717) is 5.04 Å². The second kappa shape index (κ2) is 3.75. The molecule has 0 saturated carbocycles. The van der Waals surface area contributed by atoms with Crippen LogP contribution in [0.3, 0.4) is 0 Å². The van der Waals surface area contributed by atoms with E-state index in [1.165, 1.54) is 0 Å². The molecule has 0 aliphatic carbocycles. The molecule has 0 amide bonds. The van der Waals surface area contributed by atoms with Crippen molar-refractivity contribution in [2.45, 2.75) is 64.6 Å². The van der Waals surface area contributed by atoms with Gasteiger partial charge in [-0.3, -0.25) is 0 Å². The average molecular weight is 171 g/mol. The van der Waals surface area contributed by atoms with Gasteiger partial charge in [0.05, 0.1) is 8.80 Å². The average Bonchev–Trinajstić information content (AvgIpc) is 1.54. The van der Waals surface area contributed by atoms with Crippen molar-refractivity contribution in [3.63, 3.8) is 0 Å². The third kappa shape index (κ3) is 3.41. The molecule has 1 radical (unpaired) electrons. The molecule has 0 aliphatic rings. The monoisotopic (exact) mass is 171 g/mol. The van der Waals surface area contributed by atoms with E-state index >= 15 is 0 Å². The summed E-state index contributed by atoms with van der Waals surface area (Å²) in [5.74, 6) is 0. The fourth-order valence-electron chi connectivity index (χ4n) is 2.40. The first-order chi connectivity index (χ1) is 4.76. The lowest BCUT2D eigenvalue weighted by Gasteiger charge is -2.35. The lowest BCUT2D eigenvalue weighted by molar-refractivity contribution is 0.690. The van der Waals surface area contributed by atoms with Crippen LogP contribution < -0.4 is 0 Å². The first-order valence-electron chi connectivity index (χ1n) is 4.64. The Morgan fingerprint density at radius 2 is 1.09 bits per heavy atom. The molecule has 0 unspecified atom stereocenters. The van der Waals surface area contributed by atoms with Crippen molar-refractivity contribution in [3.8, 4) is 0 Å². The van der Waals surface area contributed by atoms with E-state index in [9.17, 15) is 0 Å². The highest BCUT2D eigenvalue weighted by Crippen LogP contribution is 2.39. The van der Waals surface area contributed by atoms with E-state index in [1.807, 2.05) is 0 Å². The minimum absolute atomic E-state index is 0.194. The molecule has 67 valence electrons. The summed E-state index contributed by atoms with van der Waals surface area (Å²) in [5.41, 5.74) is 1.81. The molecule has 0 heterocycles. The number of hydrogen-bond donors (Lipinski definition) is 0. The maximum atomic E-state index is 2.39.